The highest BCUT2D eigenvalue weighted by Gasteiger charge is 2.22. The Morgan fingerprint density at radius 2 is 1.95 bits per heavy atom. The monoisotopic (exact) mass is 285 g/mol. The van der Waals surface area contributed by atoms with Crippen LogP contribution in [0.4, 0.5) is 0 Å². The van der Waals surface area contributed by atoms with Crippen LogP contribution in [0.2, 0.25) is 0 Å². The smallest absolute Gasteiger partial charge is 0.160 e. The van der Waals surface area contributed by atoms with Crippen LogP contribution in [0.3, 0.4) is 0 Å². The molecule has 0 radical (unpaired) electrons. The fourth-order valence-electron chi connectivity index (χ4n) is 2.87. The van der Waals surface area contributed by atoms with Crippen LogP contribution in [0, 0.1) is 0 Å². The zero-order chi connectivity index (χ0) is 14.8. The SMILES string of the molecule is COc1cc2c(cc1O)[C@H](Cc1ccc(O)cc1)NCC2. The van der Waals surface area contributed by atoms with Gasteiger partial charge in [0.2, 0.25) is 0 Å². The van der Waals surface area contributed by atoms with Gasteiger partial charge in [0.05, 0.1) is 7.11 Å². The highest BCUT2D eigenvalue weighted by atomic mass is 16.5. The molecule has 3 N–H and O–H groups in total. The van der Waals surface area contributed by atoms with Gasteiger partial charge >= 0.3 is 0 Å². The second-order valence-electron chi connectivity index (χ2n) is 5.35. The zero-order valence-electron chi connectivity index (χ0n) is 12.0. The Labute approximate surface area is 124 Å². The Hall–Kier alpha value is -2.20. The third-order valence-electron chi connectivity index (χ3n) is 3.98. The Balaban J connectivity index is 1.89. The standard InChI is InChI=1S/C17H19NO3/c1-21-17-9-12-6-7-18-15(14(12)10-16(17)20)8-11-2-4-13(19)5-3-11/h2-5,9-10,15,18-20H,6-8H2,1H3/t15-/m0/s1. The normalized spacial score (nSPS) is 17.3. The maximum atomic E-state index is 10.0. The molecule has 2 aromatic carbocycles. The quantitative estimate of drug-likeness (QED) is 0.811. The Bertz CT molecular complexity index is 637. The third-order valence-corrected chi connectivity index (χ3v) is 3.98. The minimum Gasteiger partial charge on any atom is -0.508 e. The lowest BCUT2D eigenvalue weighted by Crippen LogP contribution is -2.31. The van der Waals surface area contributed by atoms with E-state index in [1.807, 2.05) is 18.2 Å². The zero-order valence-corrected chi connectivity index (χ0v) is 12.0. The summed E-state index contributed by atoms with van der Waals surface area (Å²) in [5, 5.41) is 22.8. The molecule has 0 bridgehead atoms. The number of benzene rings is 2. The van der Waals surface area contributed by atoms with E-state index < -0.39 is 0 Å². The molecule has 3 rings (SSSR count). The van der Waals surface area contributed by atoms with Gasteiger partial charge in [-0.1, -0.05) is 12.1 Å². The molecule has 0 fully saturated rings. The van der Waals surface area contributed by atoms with Crippen LogP contribution in [0.5, 0.6) is 17.2 Å². The molecule has 0 unspecified atom stereocenters. The summed E-state index contributed by atoms with van der Waals surface area (Å²) in [6.07, 6.45) is 1.75. The molecule has 4 nitrogen and oxygen atoms in total. The van der Waals surface area contributed by atoms with Gasteiger partial charge in [-0.25, -0.2) is 0 Å². The molecule has 1 atom stereocenters. The summed E-state index contributed by atoms with van der Waals surface area (Å²) in [4.78, 5) is 0. The topological polar surface area (TPSA) is 61.7 Å². The first-order chi connectivity index (χ1) is 10.2. The second-order valence-corrected chi connectivity index (χ2v) is 5.35. The van der Waals surface area contributed by atoms with Crippen LogP contribution in [0.1, 0.15) is 22.7 Å². The second kappa shape index (κ2) is 5.66. The average Bonchev–Trinajstić information content (AvgIpc) is 2.49. The van der Waals surface area contributed by atoms with Crippen molar-refractivity contribution in [1.29, 1.82) is 0 Å². The van der Waals surface area contributed by atoms with Gasteiger partial charge in [0.25, 0.3) is 0 Å². The van der Waals surface area contributed by atoms with Gasteiger partial charge in [0.15, 0.2) is 11.5 Å². The summed E-state index contributed by atoms with van der Waals surface area (Å²) < 4.78 is 5.18. The molecule has 21 heavy (non-hydrogen) atoms. The maximum Gasteiger partial charge on any atom is 0.160 e. The van der Waals surface area contributed by atoms with Crippen LogP contribution in [0.25, 0.3) is 0 Å². The van der Waals surface area contributed by atoms with Crippen molar-refractivity contribution in [1.82, 2.24) is 5.32 Å². The predicted molar refractivity (Wildman–Crippen MR) is 80.9 cm³/mol. The van der Waals surface area contributed by atoms with E-state index in [1.54, 1.807) is 25.3 Å². The lowest BCUT2D eigenvalue weighted by molar-refractivity contribution is 0.370. The number of rotatable bonds is 3. The van der Waals surface area contributed by atoms with E-state index >= 15 is 0 Å². The molecule has 1 aliphatic rings. The van der Waals surface area contributed by atoms with Gasteiger partial charge in [0.1, 0.15) is 5.75 Å². The Kier molecular flexibility index (Phi) is 3.71. The first-order valence-corrected chi connectivity index (χ1v) is 7.08. The number of phenolic OH excluding ortho intramolecular Hbond substituents is 2. The minimum absolute atomic E-state index is 0.162. The molecule has 1 heterocycles. The number of phenols is 2. The van der Waals surface area contributed by atoms with Crippen molar-refractivity contribution in [3.05, 3.63) is 53.1 Å². The van der Waals surface area contributed by atoms with Crippen LogP contribution < -0.4 is 10.1 Å². The van der Waals surface area contributed by atoms with Gasteiger partial charge in [-0.05, 0) is 60.3 Å². The summed E-state index contributed by atoms with van der Waals surface area (Å²) >= 11 is 0. The highest BCUT2D eigenvalue weighted by Crippen LogP contribution is 2.35. The molecule has 0 spiro atoms. The number of nitrogens with one attached hydrogen (secondary N) is 1. The summed E-state index contributed by atoms with van der Waals surface area (Å²) in [6, 6.07) is 11.1. The van der Waals surface area contributed by atoms with Crippen LogP contribution in [0.15, 0.2) is 36.4 Å². The molecule has 0 amide bonds. The van der Waals surface area contributed by atoms with Crippen molar-refractivity contribution in [2.45, 2.75) is 18.9 Å². The molecule has 4 heteroatoms. The largest absolute Gasteiger partial charge is 0.508 e. The van der Waals surface area contributed by atoms with Crippen molar-refractivity contribution >= 4 is 0 Å². The summed E-state index contributed by atoms with van der Waals surface area (Å²) in [6.45, 7) is 0.906. The van der Waals surface area contributed by atoms with E-state index in [-0.39, 0.29) is 17.5 Å². The van der Waals surface area contributed by atoms with Crippen molar-refractivity contribution in [2.24, 2.45) is 0 Å². The Morgan fingerprint density at radius 3 is 2.67 bits per heavy atom. The first kappa shape index (κ1) is 13.8. The number of fused-ring (bicyclic) bond motifs is 1. The van der Waals surface area contributed by atoms with Crippen LogP contribution in [-0.4, -0.2) is 23.9 Å². The Morgan fingerprint density at radius 1 is 1.19 bits per heavy atom. The van der Waals surface area contributed by atoms with E-state index in [2.05, 4.69) is 5.32 Å². The van der Waals surface area contributed by atoms with Gasteiger partial charge in [-0.2, -0.15) is 0 Å². The molecule has 0 aromatic heterocycles. The molecule has 2 aromatic rings. The van der Waals surface area contributed by atoms with E-state index in [0.717, 1.165) is 30.5 Å². The van der Waals surface area contributed by atoms with Crippen molar-refractivity contribution in [3.63, 3.8) is 0 Å². The molecule has 0 saturated heterocycles. The van der Waals surface area contributed by atoms with Crippen molar-refractivity contribution in [3.8, 4) is 17.2 Å². The molecular weight excluding hydrogens is 266 g/mol. The van der Waals surface area contributed by atoms with Gasteiger partial charge in [-0.3, -0.25) is 0 Å². The number of hydrogen-bond donors (Lipinski definition) is 3. The van der Waals surface area contributed by atoms with Gasteiger partial charge < -0.3 is 20.3 Å². The van der Waals surface area contributed by atoms with Crippen molar-refractivity contribution < 1.29 is 14.9 Å². The molecule has 0 aliphatic carbocycles. The van der Waals surface area contributed by atoms with E-state index in [4.69, 9.17) is 4.74 Å². The van der Waals surface area contributed by atoms with E-state index in [9.17, 15) is 10.2 Å². The molecular formula is C17H19NO3. The van der Waals surface area contributed by atoms with Crippen molar-refractivity contribution in [2.75, 3.05) is 13.7 Å². The lowest BCUT2D eigenvalue weighted by Gasteiger charge is -2.28. The fourth-order valence-corrected chi connectivity index (χ4v) is 2.87. The number of ether oxygens (including phenoxy) is 1. The van der Waals surface area contributed by atoms with Crippen LogP contribution >= 0.6 is 0 Å². The number of hydrogen-bond acceptors (Lipinski definition) is 4. The van der Waals surface area contributed by atoms with Gasteiger partial charge in [-0.15, -0.1) is 0 Å². The summed E-state index contributed by atoms with van der Waals surface area (Å²) in [7, 11) is 1.57. The van der Waals surface area contributed by atoms with Crippen LogP contribution in [-0.2, 0) is 12.8 Å². The number of methoxy groups -OCH3 is 1. The fraction of sp³-hybridized carbons (Fsp3) is 0.294. The summed E-state index contributed by atoms with van der Waals surface area (Å²) in [5.74, 6) is 0.979. The minimum atomic E-state index is 0.162. The predicted octanol–water partition coefficient (Wildman–Crippen LogP) is 2.54. The molecule has 0 saturated carbocycles. The van der Waals surface area contributed by atoms with Gasteiger partial charge in [0, 0.05) is 6.04 Å². The van der Waals surface area contributed by atoms with E-state index in [1.165, 1.54) is 5.56 Å². The molecule has 110 valence electrons. The molecule has 1 aliphatic heterocycles. The average molecular weight is 285 g/mol. The lowest BCUT2D eigenvalue weighted by atomic mass is 9.90. The third kappa shape index (κ3) is 2.81. The number of aromatic hydroxyl groups is 2. The van der Waals surface area contributed by atoms with E-state index in [0.29, 0.717) is 5.75 Å². The highest BCUT2D eigenvalue weighted by molar-refractivity contribution is 5.49. The summed E-state index contributed by atoms with van der Waals surface area (Å²) in [5.41, 5.74) is 3.48. The first-order valence-electron chi connectivity index (χ1n) is 7.08. The maximum absolute atomic E-state index is 10.0.